The van der Waals surface area contributed by atoms with Gasteiger partial charge in [0, 0.05) is 38.3 Å². The second-order valence-electron chi connectivity index (χ2n) is 14.4. The molecular formula is C48H32N4O. The zero-order valence-corrected chi connectivity index (χ0v) is 29.2. The first-order valence-electron chi connectivity index (χ1n) is 18.0. The molecule has 5 nitrogen and oxygen atoms in total. The molecule has 0 unspecified atom stereocenters. The van der Waals surface area contributed by atoms with Crippen molar-refractivity contribution in [3.8, 4) is 51.0 Å². The Bertz CT molecular complexity index is 3040. The third-order valence-corrected chi connectivity index (χ3v) is 11.1. The number of fused-ring (bicyclic) bond motifs is 9. The Labute approximate surface area is 305 Å². The van der Waals surface area contributed by atoms with E-state index >= 15 is 0 Å². The number of hydrogen-bond acceptors (Lipinski definition) is 4. The van der Waals surface area contributed by atoms with Gasteiger partial charge in [-0.25, -0.2) is 15.0 Å². The lowest BCUT2D eigenvalue weighted by atomic mass is 9.82. The number of rotatable bonds is 4. The molecule has 0 amide bonds. The summed E-state index contributed by atoms with van der Waals surface area (Å²) < 4.78 is 8.98. The van der Waals surface area contributed by atoms with Gasteiger partial charge in [-0.15, -0.1) is 0 Å². The van der Waals surface area contributed by atoms with E-state index in [1.165, 1.54) is 33.0 Å². The third-order valence-electron chi connectivity index (χ3n) is 11.1. The van der Waals surface area contributed by atoms with Crippen LogP contribution in [0.25, 0.3) is 94.7 Å². The standard InChI is InChI=1S/C48H32N4O/c1-48(2)36-20-9-6-16-31(36)35-28-30(26-27-37(35)48)46-49-45(29-14-4-3-5-15-29)50-47(51-46)34-19-12-24-41-43(34)44-40(23-13-25-42(44)53-41)52-38-21-10-7-17-32(38)33-18-8-11-22-39(33)52/h3-28H,1-2H3. The molecule has 10 aromatic rings. The van der Waals surface area contributed by atoms with E-state index in [0.29, 0.717) is 17.5 Å². The Morgan fingerprint density at radius 3 is 1.81 bits per heavy atom. The highest BCUT2D eigenvalue weighted by molar-refractivity contribution is 6.17. The van der Waals surface area contributed by atoms with Crippen molar-refractivity contribution in [3.05, 3.63) is 169 Å². The van der Waals surface area contributed by atoms with Crippen molar-refractivity contribution in [2.45, 2.75) is 19.3 Å². The zero-order chi connectivity index (χ0) is 35.3. The smallest absolute Gasteiger partial charge is 0.164 e. The van der Waals surface area contributed by atoms with E-state index in [1.54, 1.807) is 0 Å². The second kappa shape index (κ2) is 11.1. The van der Waals surface area contributed by atoms with Crippen LogP contribution in [-0.4, -0.2) is 19.5 Å². The fourth-order valence-electron chi connectivity index (χ4n) is 8.60. The molecule has 0 N–H and O–H groups in total. The summed E-state index contributed by atoms with van der Waals surface area (Å²) in [4.78, 5) is 15.6. The average molecular weight is 681 g/mol. The summed E-state index contributed by atoms with van der Waals surface area (Å²) >= 11 is 0. The van der Waals surface area contributed by atoms with Crippen LogP contribution in [0.5, 0.6) is 0 Å². The Morgan fingerprint density at radius 2 is 1.04 bits per heavy atom. The molecule has 11 rings (SSSR count). The predicted octanol–water partition coefficient (Wildman–Crippen LogP) is 12.2. The maximum Gasteiger partial charge on any atom is 0.164 e. The van der Waals surface area contributed by atoms with Gasteiger partial charge in [0.05, 0.1) is 22.1 Å². The lowest BCUT2D eigenvalue weighted by Crippen LogP contribution is -2.14. The maximum absolute atomic E-state index is 6.63. The topological polar surface area (TPSA) is 56.7 Å². The highest BCUT2D eigenvalue weighted by Crippen LogP contribution is 2.49. The summed E-state index contributed by atoms with van der Waals surface area (Å²) in [7, 11) is 0. The summed E-state index contributed by atoms with van der Waals surface area (Å²) in [6.45, 7) is 4.60. The lowest BCUT2D eigenvalue weighted by molar-refractivity contribution is 0.660. The molecule has 0 saturated carbocycles. The summed E-state index contributed by atoms with van der Waals surface area (Å²) in [5, 5.41) is 4.41. The van der Waals surface area contributed by atoms with E-state index in [-0.39, 0.29) is 5.41 Å². The minimum absolute atomic E-state index is 0.0873. The van der Waals surface area contributed by atoms with Gasteiger partial charge in [-0.1, -0.05) is 135 Å². The van der Waals surface area contributed by atoms with Gasteiger partial charge in [-0.3, -0.25) is 0 Å². The monoisotopic (exact) mass is 680 g/mol. The molecule has 0 spiro atoms. The fraction of sp³-hybridized carbons (Fsp3) is 0.0625. The molecule has 0 saturated heterocycles. The molecule has 0 radical (unpaired) electrons. The molecular weight excluding hydrogens is 649 g/mol. The first-order valence-corrected chi connectivity index (χ1v) is 18.0. The predicted molar refractivity (Wildman–Crippen MR) is 215 cm³/mol. The van der Waals surface area contributed by atoms with Crippen LogP contribution in [0.2, 0.25) is 0 Å². The van der Waals surface area contributed by atoms with Crippen molar-refractivity contribution in [2.24, 2.45) is 0 Å². The third kappa shape index (κ3) is 4.34. The molecule has 7 aromatic carbocycles. The molecule has 3 aromatic heterocycles. The summed E-state index contributed by atoms with van der Waals surface area (Å²) in [5.74, 6) is 1.85. The molecule has 0 bridgehead atoms. The molecule has 5 heteroatoms. The fourth-order valence-corrected chi connectivity index (χ4v) is 8.60. The highest BCUT2D eigenvalue weighted by Gasteiger charge is 2.35. The van der Waals surface area contributed by atoms with Crippen molar-refractivity contribution in [2.75, 3.05) is 0 Å². The number of benzene rings is 7. The molecule has 1 aliphatic carbocycles. The van der Waals surface area contributed by atoms with E-state index in [4.69, 9.17) is 19.4 Å². The van der Waals surface area contributed by atoms with Gasteiger partial charge >= 0.3 is 0 Å². The maximum atomic E-state index is 6.63. The van der Waals surface area contributed by atoms with Gasteiger partial charge < -0.3 is 8.98 Å². The first kappa shape index (κ1) is 29.8. The highest BCUT2D eigenvalue weighted by atomic mass is 16.3. The van der Waals surface area contributed by atoms with Crippen LogP contribution in [0.3, 0.4) is 0 Å². The minimum atomic E-state index is -0.0873. The lowest BCUT2D eigenvalue weighted by Gasteiger charge is -2.21. The average Bonchev–Trinajstić information content (AvgIpc) is 3.84. The Hall–Kier alpha value is -6.85. The summed E-state index contributed by atoms with van der Waals surface area (Å²) in [6.07, 6.45) is 0. The van der Waals surface area contributed by atoms with Gasteiger partial charge in [0.2, 0.25) is 0 Å². The molecule has 0 atom stereocenters. The molecule has 0 aliphatic heterocycles. The number of nitrogens with zero attached hydrogens (tertiary/aromatic N) is 4. The zero-order valence-electron chi connectivity index (χ0n) is 29.2. The van der Waals surface area contributed by atoms with Crippen molar-refractivity contribution in [1.82, 2.24) is 19.5 Å². The number of furan rings is 1. The van der Waals surface area contributed by atoms with E-state index in [1.807, 2.05) is 30.3 Å². The number of hydrogen-bond donors (Lipinski definition) is 0. The van der Waals surface area contributed by atoms with E-state index in [0.717, 1.165) is 55.3 Å². The second-order valence-corrected chi connectivity index (χ2v) is 14.4. The van der Waals surface area contributed by atoms with Crippen LogP contribution in [0.1, 0.15) is 25.0 Å². The van der Waals surface area contributed by atoms with Gasteiger partial charge in [0.25, 0.3) is 0 Å². The SMILES string of the molecule is CC1(C)c2ccccc2-c2cc(-c3nc(-c4ccccc4)nc(-c4cccc5oc6cccc(-n7c8ccccc8c8ccccc87)c6c45)n3)ccc21. The van der Waals surface area contributed by atoms with E-state index in [9.17, 15) is 0 Å². The van der Waals surface area contributed by atoms with Crippen molar-refractivity contribution < 1.29 is 4.42 Å². The van der Waals surface area contributed by atoms with Crippen molar-refractivity contribution >= 4 is 43.7 Å². The summed E-state index contributed by atoms with van der Waals surface area (Å²) in [5.41, 5.74) is 12.7. The Balaban J connectivity index is 1.18. The largest absolute Gasteiger partial charge is 0.456 e. The Morgan fingerprint density at radius 1 is 0.453 bits per heavy atom. The molecule has 0 fully saturated rings. The number of aromatic nitrogens is 4. The van der Waals surface area contributed by atoms with Crippen molar-refractivity contribution in [3.63, 3.8) is 0 Å². The molecule has 1 aliphatic rings. The minimum Gasteiger partial charge on any atom is -0.456 e. The first-order chi connectivity index (χ1) is 26.0. The van der Waals surface area contributed by atoms with Crippen LogP contribution in [-0.2, 0) is 5.41 Å². The van der Waals surface area contributed by atoms with Gasteiger partial charge in [-0.2, -0.15) is 0 Å². The number of para-hydroxylation sites is 2. The van der Waals surface area contributed by atoms with Gasteiger partial charge in [0.15, 0.2) is 17.5 Å². The van der Waals surface area contributed by atoms with Crippen LogP contribution >= 0.6 is 0 Å². The van der Waals surface area contributed by atoms with Gasteiger partial charge in [-0.05, 0) is 58.7 Å². The van der Waals surface area contributed by atoms with Gasteiger partial charge in [0.1, 0.15) is 11.2 Å². The summed E-state index contributed by atoms with van der Waals surface area (Å²) in [6, 6.07) is 55.2. The van der Waals surface area contributed by atoms with Crippen LogP contribution in [0.4, 0.5) is 0 Å². The normalized spacial score (nSPS) is 13.2. The molecule has 250 valence electrons. The molecule has 53 heavy (non-hydrogen) atoms. The molecule has 3 heterocycles. The van der Waals surface area contributed by atoms with Crippen LogP contribution in [0.15, 0.2) is 162 Å². The van der Waals surface area contributed by atoms with Crippen molar-refractivity contribution in [1.29, 1.82) is 0 Å². The Kier molecular flexibility index (Phi) is 6.23. The van der Waals surface area contributed by atoms with Crippen LogP contribution in [0, 0.1) is 0 Å². The van der Waals surface area contributed by atoms with E-state index < -0.39 is 0 Å². The van der Waals surface area contributed by atoms with Crippen LogP contribution < -0.4 is 0 Å². The van der Waals surface area contributed by atoms with E-state index in [2.05, 4.69) is 146 Å². The quantitative estimate of drug-likeness (QED) is 0.186.